The lowest BCUT2D eigenvalue weighted by Crippen LogP contribution is -2.53. The van der Waals surface area contributed by atoms with Gasteiger partial charge in [0.25, 0.3) is 0 Å². The summed E-state index contributed by atoms with van der Waals surface area (Å²) in [5, 5.41) is 3.33. The smallest absolute Gasteiger partial charge is 0.410 e. The molecular formula is C43H52N2O6. The lowest BCUT2D eigenvalue weighted by Gasteiger charge is -2.38. The molecule has 0 aliphatic heterocycles. The van der Waals surface area contributed by atoms with Gasteiger partial charge in [-0.15, -0.1) is 0 Å². The van der Waals surface area contributed by atoms with Gasteiger partial charge in [-0.05, 0) is 54.9 Å². The molecule has 270 valence electrons. The number of benzene rings is 4. The van der Waals surface area contributed by atoms with Crippen molar-refractivity contribution in [3.8, 4) is 0 Å². The van der Waals surface area contributed by atoms with Crippen molar-refractivity contribution in [2.24, 2.45) is 11.8 Å². The second-order valence-corrected chi connectivity index (χ2v) is 14.4. The van der Waals surface area contributed by atoms with Gasteiger partial charge < -0.3 is 19.5 Å². The highest BCUT2D eigenvalue weighted by Crippen LogP contribution is 2.37. The molecule has 0 unspecified atom stereocenters. The quantitative estimate of drug-likeness (QED) is 0.0942. The maximum Gasteiger partial charge on any atom is 0.410 e. The topological polar surface area (TPSA) is 94.2 Å². The summed E-state index contributed by atoms with van der Waals surface area (Å²) >= 11 is 0. The van der Waals surface area contributed by atoms with Gasteiger partial charge >= 0.3 is 12.1 Å². The van der Waals surface area contributed by atoms with Crippen LogP contribution < -0.4 is 5.32 Å². The predicted octanol–water partition coefficient (Wildman–Crippen LogP) is 8.14. The first-order chi connectivity index (χ1) is 24.4. The largest absolute Gasteiger partial charge is 0.459 e. The van der Waals surface area contributed by atoms with E-state index in [1.807, 2.05) is 163 Å². The monoisotopic (exact) mass is 692 g/mol. The molecule has 0 saturated carbocycles. The summed E-state index contributed by atoms with van der Waals surface area (Å²) in [6.45, 7) is 12.3. The maximum absolute atomic E-state index is 14.6. The van der Waals surface area contributed by atoms with Crippen molar-refractivity contribution < 1.29 is 28.6 Å². The molecule has 1 N–H and O–H groups in total. The Kier molecular flexibility index (Phi) is 14.0. The minimum Gasteiger partial charge on any atom is -0.459 e. The molecule has 0 heterocycles. The van der Waals surface area contributed by atoms with Crippen LogP contribution in [0, 0.1) is 11.8 Å². The van der Waals surface area contributed by atoms with Crippen LogP contribution in [-0.4, -0.2) is 54.3 Å². The summed E-state index contributed by atoms with van der Waals surface area (Å²) in [7, 11) is 0. The molecule has 0 fully saturated rings. The summed E-state index contributed by atoms with van der Waals surface area (Å²) in [5.41, 5.74) is 1.77. The third-order valence-corrected chi connectivity index (χ3v) is 8.28. The van der Waals surface area contributed by atoms with Gasteiger partial charge in [0.2, 0.25) is 5.91 Å². The average Bonchev–Trinajstić information content (AvgIpc) is 3.13. The molecule has 0 aliphatic carbocycles. The van der Waals surface area contributed by atoms with Gasteiger partial charge in [-0.1, -0.05) is 142 Å². The van der Waals surface area contributed by atoms with Crippen LogP contribution in [0.25, 0.3) is 0 Å². The number of rotatable bonds is 16. The summed E-state index contributed by atoms with van der Waals surface area (Å²) in [4.78, 5) is 43.9. The number of nitrogens with one attached hydrogen (secondary N) is 1. The number of carbonyl (C=O) groups excluding carboxylic acids is 3. The van der Waals surface area contributed by atoms with Gasteiger partial charge in [0.15, 0.2) is 0 Å². The third kappa shape index (κ3) is 11.3. The molecule has 4 rings (SSSR count). The Hall–Kier alpha value is -4.95. The number of amides is 2. The first-order valence-corrected chi connectivity index (χ1v) is 17.6. The zero-order valence-corrected chi connectivity index (χ0v) is 30.7. The molecule has 0 aliphatic rings. The molecule has 0 spiro atoms. The van der Waals surface area contributed by atoms with Crippen LogP contribution >= 0.6 is 0 Å². The van der Waals surface area contributed by atoms with Gasteiger partial charge in [-0.2, -0.15) is 0 Å². The minimum atomic E-state index is -1.29. The Morgan fingerprint density at radius 3 is 1.59 bits per heavy atom. The van der Waals surface area contributed by atoms with E-state index in [4.69, 9.17) is 14.2 Å². The summed E-state index contributed by atoms with van der Waals surface area (Å²) in [6, 6.07) is 37.2. The summed E-state index contributed by atoms with van der Waals surface area (Å²) in [5.74, 6) is -1.29. The zero-order valence-electron chi connectivity index (χ0n) is 30.7. The molecule has 0 radical (unpaired) electrons. The number of hydrogen-bond donors (Lipinski definition) is 1. The van der Waals surface area contributed by atoms with Crippen LogP contribution in [0.3, 0.4) is 0 Å². The van der Waals surface area contributed by atoms with E-state index in [1.165, 1.54) is 4.90 Å². The molecule has 4 aromatic carbocycles. The van der Waals surface area contributed by atoms with Gasteiger partial charge in [0.05, 0.1) is 25.2 Å². The van der Waals surface area contributed by atoms with E-state index in [0.717, 1.165) is 22.3 Å². The Balaban J connectivity index is 1.75. The van der Waals surface area contributed by atoms with Crippen molar-refractivity contribution in [1.82, 2.24) is 10.2 Å². The first-order valence-electron chi connectivity index (χ1n) is 17.6. The Labute approximate surface area is 303 Å². The van der Waals surface area contributed by atoms with Crippen LogP contribution in [0.5, 0.6) is 0 Å². The van der Waals surface area contributed by atoms with Crippen LogP contribution in [0.4, 0.5) is 4.79 Å². The number of nitrogens with zero attached hydrogens (tertiary/aromatic N) is 1. The van der Waals surface area contributed by atoms with E-state index in [9.17, 15) is 14.4 Å². The number of esters is 1. The third-order valence-electron chi connectivity index (χ3n) is 8.28. The maximum atomic E-state index is 14.6. The molecule has 0 aromatic heterocycles. The van der Waals surface area contributed by atoms with E-state index in [2.05, 4.69) is 5.32 Å². The SMILES string of the molecule is CC(C)COC(=O)N(C[C@@H](C)COC(C)(C)C)[C@@H](CC(=O)NC(c1ccccc1)(c1ccccc1)c1ccccc1)C(=O)OCc1ccccc1. The second kappa shape index (κ2) is 18.3. The molecule has 2 amide bonds. The molecule has 8 nitrogen and oxygen atoms in total. The van der Waals surface area contributed by atoms with Crippen molar-refractivity contribution in [3.05, 3.63) is 144 Å². The molecule has 0 saturated heterocycles. The molecule has 4 aromatic rings. The lowest BCUT2D eigenvalue weighted by atomic mass is 9.77. The van der Waals surface area contributed by atoms with Crippen molar-refractivity contribution >= 4 is 18.0 Å². The van der Waals surface area contributed by atoms with Crippen LogP contribution in [0.1, 0.15) is 70.2 Å². The van der Waals surface area contributed by atoms with E-state index >= 15 is 0 Å². The van der Waals surface area contributed by atoms with Crippen molar-refractivity contribution in [3.63, 3.8) is 0 Å². The predicted molar refractivity (Wildman–Crippen MR) is 200 cm³/mol. The van der Waals surface area contributed by atoms with Crippen molar-refractivity contribution in [1.29, 1.82) is 0 Å². The van der Waals surface area contributed by atoms with Crippen molar-refractivity contribution in [2.75, 3.05) is 19.8 Å². The van der Waals surface area contributed by atoms with Crippen LogP contribution in [0.15, 0.2) is 121 Å². The number of ether oxygens (including phenoxy) is 3. The van der Waals surface area contributed by atoms with E-state index in [1.54, 1.807) is 0 Å². The molecule has 2 atom stereocenters. The lowest BCUT2D eigenvalue weighted by molar-refractivity contribution is -0.153. The zero-order chi connectivity index (χ0) is 36.9. The Bertz CT molecular complexity index is 1560. The van der Waals surface area contributed by atoms with Crippen LogP contribution in [-0.2, 0) is 35.9 Å². The summed E-state index contributed by atoms with van der Waals surface area (Å²) in [6.07, 6.45) is -1.06. The van der Waals surface area contributed by atoms with Crippen molar-refractivity contribution in [2.45, 2.75) is 71.8 Å². The van der Waals surface area contributed by atoms with Gasteiger partial charge in [-0.3, -0.25) is 9.69 Å². The fraction of sp³-hybridized carbons (Fsp3) is 0.372. The van der Waals surface area contributed by atoms with Gasteiger partial charge in [0.1, 0.15) is 18.2 Å². The normalized spacial score (nSPS) is 12.8. The minimum absolute atomic E-state index is 0.0165. The highest BCUT2D eigenvalue weighted by Gasteiger charge is 2.41. The fourth-order valence-electron chi connectivity index (χ4n) is 5.79. The Morgan fingerprint density at radius 1 is 0.667 bits per heavy atom. The first kappa shape index (κ1) is 38.8. The average molecular weight is 693 g/mol. The van der Waals surface area contributed by atoms with Crippen LogP contribution in [0.2, 0.25) is 0 Å². The van der Waals surface area contributed by atoms with E-state index in [0.29, 0.717) is 6.61 Å². The molecule has 0 bridgehead atoms. The fourth-order valence-corrected chi connectivity index (χ4v) is 5.79. The number of carbonyl (C=O) groups is 3. The Morgan fingerprint density at radius 2 is 1.14 bits per heavy atom. The standard InChI is InChI=1S/C43H52N2O6/c1-32(2)29-50-41(48)45(28-33(3)30-51-42(4,5)6)38(40(47)49-31-34-19-11-7-12-20-34)27-39(46)44-43(35-21-13-8-14-22-35,36-23-15-9-16-24-36)37-25-17-10-18-26-37/h7-26,32-33,38H,27-31H2,1-6H3,(H,44,46)/t33-,38+/m1/s1. The molecule has 8 heteroatoms. The molecule has 51 heavy (non-hydrogen) atoms. The summed E-state index contributed by atoms with van der Waals surface area (Å²) < 4.78 is 17.6. The highest BCUT2D eigenvalue weighted by atomic mass is 16.6. The van der Waals surface area contributed by atoms with Gasteiger partial charge in [-0.25, -0.2) is 9.59 Å². The number of hydrogen-bond acceptors (Lipinski definition) is 6. The molecular weight excluding hydrogens is 640 g/mol. The second-order valence-electron chi connectivity index (χ2n) is 14.4. The highest BCUT2D eigenvalue weighted by molar-refractivity contribution is 5.89. The van der Waals surface area contributed by atoms with E-state index in [-0.39, 0.29) is 38.0 Å². The van der Waals surface area contributed by atoms with Gasteiger partial charge in [0, 0.05) is 6.54 Å². The van der Waals surface area contributed by atoms with E-state index < -0.39 is 35.2 Å².